The lowest BCUT2D eigenvalue weighted by molar-refractivity contribution is -0.147. The van der Waals surface area contributed by atoms with Gasteiger partial charge in [0.1, 0.15) is 5.92 Å². The molecule has 10 heteroatoms. The second kappa shape index (κ2) is 11.5. The van der Waals surface area contributed by atoms with Gasteiger partial charge >= 0.3 is 18.0 Å². The number of nitrogens with zero attached hydrogens (tertiary/aromatic N) is 1. The Labute approximate surface area is 186 Å². The van der Waals surface area contributed by atoms with Crippen molar-refractivity contribution < 1.29 is 33.3 Å². The largest absolute Gasteiger partial charge is 0.493 e. The monoisotopic (exact) mass is 454 g/mol. The molecule has 170 valence electrons. The predicted octanol–water partition coefficient (Wildman–Crippen LogP) is 3.48. The van der Waals surface area contributed by atoms with E-state index in [4.69, 9.17) is 30.5 Å². The van der Waals surface area contributed by atoms with Crippen LogP contribution in [0.2, 0.25) is 5.02 Å². The molecule has 2 rings (SSSR count). The van der Waals surface area contributed by atoms with Crippen LogP contribution >= 0.6 is 11.6 Å². The van der Waals surface area contributed by atoms with Gasteiger partial charge in [-0.2, -0.15) is 0 Å². The van der Waals surface area contributed by atoms with Crippen molar-refractivity contribution in [2.75, 3.05) is 26.9 Å². The van der Waals surface area contributed by atoms with Gasteiger partial charge in [-0.15, -0.1) is 0 Å². The minimum absolute atomic E-state index is 0.164. The quantitative estimate of drug-likeness (QED) is 0.538. The lowest BCUT2D eigenvalue weighted by Crippen LogP contribution is -2.45. The molecule has 0 spiro atoms. The van der Waals surface area contributed by atoms with E-state index in [0.717, 1.165) is 0 Å². The van der Waals surface area contributed by atoms with Gasteiger partial charge < -0.3 is 24.3 Å². The highest BCUT2D eigenvalue weighted by Gasteiger charge is 2.41. The van der Waals surface area contributed by atoms with Gasteiger partial charge in [-0.3, -0.25) is 4.79 Å². The first-order chi connectivity index (χ1) is 14.9. The molecule has 1 heterocycles. The number of carbonyl (C=O) groups is 3. The van der Waals surface area contributed by atoms with Crippen molar-refractivity contribution in [1.82, 2.24) is 5.32 Å². The van der Waals surface area contributed by atoms with Crippen molar-refractivity contribution in [3.63, 3.8) is 0 Å². The Morgan fingerprint density at radius 3 is 2.48 bits per heavy atom. The molecule has 1 aliphatic heterocycles. The standard InChI is InChI=1S/C21H27ClN2O7/c1-5-8-14-17(20(26)30-7-3)18(24-21(27)23-14)13-9-12(22)10-15(28-4)19(13)31-11-16(25)29-6-2/h9-10,17-18H,5-8,11H2,1-4H3,(H,24,27). The van der Waals surface area contributed by atoms with Gasteiger partial charge in [-0.25, -0.2) is 14.6 Å². The lowest BCUT2D eigenvalue weighted by atomic mass is 9.85. The van der Waals surface area contributed by atoms with Gasteiger partial charge in [0.25, 0.3) is 0 Å². The third-order valence-electron chi connectivity index (χ3n) is 4.51. The van der Waals surface area contributed by atoms with Crippen molar-refractivity contribution in [2.45, 2.75) is 39.7 Å². The van der Waals surface area contributed by atoms with Gasteiger partial charge in [0, 0.05) is 22.4 Å². The van der Waals surface area contributed by atoms with Gasteiger partial charge in [-0.05, 0) is 26.3 Å². The average molecular weight is 455 g/mol. The van der Waals surface area contributed by atoms with Crippen LogP contribution in [-0.2, 0) is 19.1 Å². The highest BCUT2D eigenvalue weighted by molar-refractivity contribution is 6.31. The van der Waals surface area contributed by atoms with Crippen molar-refractivity contribution in [1.29, 1.82) is 0 Å². The molecule has 1 N–H and O–H groups in total. The average Bonchev–Trinajstić information content (AvgIpc) is 2.72. The third-order valence-corrected chi connectivity index (χ3v) is 4.72. The van der Waals surface area contributed by atoms with Crippen LogP contribution in [0.1, 0.15) is 45.2 Å². The number of halogens is 1. The summed E-state index contributed by atoms with van der Waals surface area (Å²) in [5.41, 5.74) is 0.772. The summed E-state index contributed by atoms with van der Waals surface area (Å²) in [4.78, 5) is 41.0. The molecule has 0 fully saturated rings. The molecular formula is C21H27ClN2O7. The fourth-order valence-corrected chi connectivity index (χ4v) is 3.55. The summed E-state index contributed by atoms with van der Waals surface area (Å²) in [6.45, 7) is 5.28. The molecular weight excluding hydrogens is 428 g/mol. The number of amides is 2. The minimum Gasteiger partial charge on any atom is -0.493 e. The molecule has 1 aliphatic rings. The summed E-state index contributed by atoms with van der Waals surface area (Å²) >= 11 is 6.27. The van der Waals surface area contributed by atoms with Gasteiger partial charge in [0.2, 0.25) is 0 Å². The molecule has 9 nitrogen and oxygen atoms in total. The first-order valence-electron chi connectivity index (χ1n) is 10.1. The number of carbonyl (C=O) groups excluding carboxylic acids is 3. The molecule has 2 amide bonds. The van der Waals surface area contributed by atoms with Crippen LogP contribution in [0.5, 0.6) is 11.5 Å². The zero-order valence-corrected chi connectivity index (χ0v) is 18.8. The summed E-state index contributed by atoms with van der Waals surface area (Å²) in [5, 5.41) is 3.00. The van der Waals surface area contributed by atoms with Crippen LogP contribution in [0, 0.1) is 5.92 Å². The maximum atomic E-state index is 12.8. The van der Waals surface area contributed by atoms with Crippen LogP contribution in [0.25, 0.3) is 0 Å². The van der Waals surface area contributed by atoms with Gasteiger partial charge in [0.15, 0.2) is 18.1 Å². The number of benzene rings is 1. The van der Waals surface area contributed by atoms with Crippen LogP contribution in [0.4, 0.5) is 4.79 Å². The van der Waals surface area contributed by atoms with Crippen molar-refractivity contribution >= 4 is 35.3 Å². The summed E-state index contributed by atoms with van der Waals surface area (Å²) in [7, 11) is 1.42. The predicted molar refractivity (Wildman–Crippen MR) is 114 cm³/mol. The number of aliphatic imine (C=N–C) groups is 1. The molecule has 1 aromatic carbocycles. The topological polar surface area (TPSA) is 113 Å². The normalized spacial score (nSPS) is 18.0. The minimum atomic E-state index is -0.884. The van der Waals surface area contributed by atoms with Crippen LogP contribution in [-0.4, -0.2) is 50.6 Å². The van der Waals surface area contributed by atoms with E-state index in [1.54, 1.807) is 19.9 Å². The fraction of sp³-hybridized carbons (Fsp3) is 0.524. The highest BCUT2D eigenvalue weighted by Crippen LogP contribution is 2.42. The van der Waals surface area contributed by atoms with E-state index in [2.05, 4.69) is 10.3 Å². The molecule has 0 aliphatic carbocycles. The number of urea groups is 1. The van der Waals surface area contributed by atoms with Crippen LogP contribution in [0.15, 0.2) is 17.1 Å². The number of esters is 2. The number of hydrogen-bond donors (Lipinski definition) is 1. The van der Waals surface area contributed by atoms with Gasteiger partial charge in [0.05, 0.1) is 26.4 Å². The molecule has 0 radical (unpaired) electrons. The maximum absolute atomic E-state index is 12.8. The molecule has 31 heavy (non-hydrogen) atoms. The summed E-state index contributed by atoms with van der Waals surface area (Å²) in [6, 6.07) is 1.59. The molecule has 2 unspecified atom stereocenters. The number of nitrogens with one attached hydrogen (secondary N) is 1. The van der Waals surface area contributed by atoms with E-state index >= 15 is 0 Å². The Kier molecular flexibility index (Phi) is 9.11. The number of hydrogen-bond acceptors (Lipinski definition) is 7. The van der Waals surface area contributed by atoms with E-state index in [-0.39, 0.29) is 31.3 Å². The lowest BCUT2D eigenvalue weighted by Gasteiger charge is -2.32. The zero-order valence-electron chi connectivity index (χ0n) is 18.0. The van der Waals surface area contributed by atoms with E-state index in [1.165, 1.54) is 13.2 Å². The number of ether oxygens (including phenoxy) is 4. The molecule has 2 atom stereocenters. The second-order valence-corrected chi connectivity index (χ2v) is 7.07. The van der Waals surface area contributed by atoms with Gasteiger partial charge in [-0.1, -0.05) is 24.9 Å². The van der Waals surface area contributed by atoms with Crippen LogP contribution in [0.3, 0.4) is 0 Å². The van der Waals surface area contributed by atoms with Crippen molar-refractivity contribution in [2.24, 2.45) is 10.9 Å². The zero-order chi connectivity index (χ0) is 23.0. The Balaban J connectivity index is 2.57. The Morgan fingerprint density at radius 1 is 1.16 bits per heavy atom. The second-order valence-electron chi connectivity index (χ2n) is 6.63. The number of methoxy groups -OCH3 is 1. The molecule has 0 saturated carbocycles. The highest BCUT2D eigenvalue weighted by atomic mass is 35.5. The Bertz CT molecular complexity index is 856. The van der Waals surface area contributed by atoms with Crippen molar-refractivity contribution in [3.05, 3.63) is 22.7 Å². The van der Waals surface area contributed by atoms with E-state index in [9.17, 15) is 14.4 Å². The van der Waals surface area contributed by atoms with Crippen LogP contribution < -0.4 is 14.8 Å². The Hall–Kier alpha value is -2.81. The molecule has 0 bridgehead atoms. The fourth-order valence-electron chi connectivity index (χ4n) is 3.33. The first kappa shape index (κ1) is 24.5. The summed E-state index contributed by atoms with van der Waals surface area (Å²) in [5.74, 6) is -1.59. The third kappa shape index (κ3) is 6.10. The van der Waals surface area contributed by atoms with E-state index in [1.807, 2.05) is 6.92 Å². The molecule has 1 aromatic rings. The smallest absolute Gasteiger partial charge is 0.344 e. The SMILES string of the molecule is CCCC1=NC(=O)NC(c2cc(Cl)cc(OC)c2OCC(=O)OCC)C1C(=O)OCC. The number of rotatable bonds is 10. The molecule has 0 saturated heterocycles. The summed E-state index contributed by atoms with van der Waals surface area (Å²) < 4.78 is 21.2. The maximum Gasteiger partial charge on any atom is 0.344 e. The van der Waals surface area contributed by atoms with E-state index in [0.29, 0.717) is 29.1 Å². The Morgan fingerprint density at radius 2 is 1.87 bits per heavy atom. The van der Waals surface area contributed by atoms with Crippen molar-refractivity contribution in [3.8, 4) is 11.5 Å². The first-order valence-corrected chi connectivity index (χ1v) is 10.4. The van der Waals surface area contributed by atoms with E-state index < -0.39 is 29.9 Å². The molecule has 0 aromatic heterocycles. The summed E-state index contributed by atoms with van der Waals surface area (Å²) in [6.07, 6.45) is 1.12.